The Balaban J connectivity index is 2.37. The second kappa shape index (κ2) is 6.63. The van der Waals surface area contributed by atoms with E-state index in [1.807, 2.05) is 0 Å². The van der Waals surface area contributed by atoms with Crippen LogP contribution >= 0.6 is 0 Å². The molecular formula is C16H14N2O4. The average Bonchev–Trinajstić information content (AvgIpc) is 2.54. The highest BCUT2D eigenvalue weighted by molar-refractivity contribution is 5.90. The fraction of sp³-hybridized carbons (Fsp3) is 0.0625. The number of rotatable bonds is 4. The Bertz CT molecular complexity index is 731. The number of phenols is 1. The molecule has 112 valence electrons. The summed E-state index contributed by atoms with van der Waals surface area (Å²) in [5, 5.41) is 36.7. The minimum atomic E-state index is 0.00434. The van der Waals surface area contributed by atoms with Crippen LogP contribution in [0.5, 0.6) is 11.5 Å². The Hall–Kier alpha value is -3.01. The molecule has 0 aliphatic heterocycles. The van der Waals surface area contributed by atoms with Gasteiger partial charge in [0.05, 0.1) is 24.4 Å². The second-order valence-electron chi connectivity index (χ2n) is 4.44. The van der Waals surface area contributed by atoms with Crippen LogP contribution in [-0.2, 0) is 0 Å². The summed E-state index contributed by atoms with van der Waals surface area (Å²) < 4.78 is 5.03. The summed E-state index contributed by atoms with van der Waals surface area (Å²) in [5.74, 6) is 0.339. The van der Waals surface area contributed by atoms with Crippen LogP contribution in [0.15, 0.2) is 42.5 Å². The van der Waals surface area contributed by atoms with E-state index >= 15 is 0 Å². The van der Waals surface area contributed by atoms with Crippen LogP contribution in [0.1, 0.15) is 11.1 Å². The summed E-state index contributed by atoms with van der Waals surface area (Å²) in [6.07, 6.45) is 1.65. The molecule has 0 unspecified atom stereocenters. The number of nitriles is 1. The average molecular weight is 298 g/mol. The quantitative estimate of drug-likeness (QED) is 0.456. The third kappa shape index (κ3) is 3.35. The third-order valence-electron chi connectivity index (χ3n) is 3.04. The monoisotopic (exact) mass is 298 g/mol. The number of hydrogen-bond donors (Lipinski definition) is 3. The number of methoxy groups -OCH3 is 1. The van der Waals surface area contributed by atoms with Crippen LogP contribution in [0.25, 0.3) is 11.6 Å². The summed E-state index contributed by atoms with van der Waals surface area (Å²) in [7, 11) is 1.45. The molecule has 0 radical (unpaired) electrons. The largest absolute Gasteiger partial charge is 0.504 e. The van der Waals surface area contributed by atoms with Crippen molar-refractivity contribution in [1.82, 2.24) is 0 Å². The van der Waals surface area contributed by atoms with E-state index in [2.05, 4.69) is 6.07 Å². The SMILES string of the molecule is COc1cc(/C=C(\C#N)c2ccc(N(O)O)cc2)ccc1O. The Labute approximate surface area is 127 Å². The maximum Gasteiger partial charge on any atom is 0.161 e. The normalized spacial score (nSPS) is 10.9. The molecule has 0 atom stereocenters. The number of ether oxygens (including phenoxy) is 1. The van der Waals surface area contributed by atoms with Crippen molar-refractivity contribution in [3.8, 4) is 17.6 Å². The molecule has 3 N–H and O–H groups in total. The Morgan fingerprint density at radius 1 is 1.18 bits per heavy atom. The molecular weight excluding hydrogens is 284 g/mol. The number of nitrogens with zero attached hydrogens (tertiary/aromatic N) is 2. The van der Waals surface area contributed by atoms with Crippen molar-refractivity contribution in [3.05, 3.63) is 53.6 Å². The molecule has 0 aromatic heterocycles. The molecule has 0 heterocycles. The molecule has 22 heavy (non-hydrogen) atoms. The second-order valence-corrected chi connectivity index (χ2v) is 4.44. The Kier molecular flexibility index (Phi) is 4.63. The van der Waals surface area contributed by atoms with Gasteiger partial charge in [-0.2, -0.15) is 5.26 Å². The highest BCUT2D eigenvalue weighted by atomic mass is 16.8. The first-order valence-corrected chi connectivity index (χ1v) is 6.32. The number of benzene rings is 2. The van der Waals surface area contributed by atoms with Gasteiger partial charge in [-0.15, -0.1) is 5.23 Å². The lowest BCUT2D eigenvalue weighted by atomic mass is 10.0. The van der Waals surface area contributed by atoms with E-state index in [-0.39, 0.29) is 16.7 Å². The van der Waals surface area contributed by atoms with Crippen LogP contribution in [0.4, 0.5) is 5.69 Å². The van der Waals surface area contributed by atoms with Crippen molar-refractivity contribution < 1.29 is 20.3 Å². The van der Waals surface area contributed by atoms with Crippen molar-refractivity contribution in [3.63, 3.8) is 0 Å². The fourth-order valence-corrected chi connectivity index (χ4v) is 1.91. The van der Waals surface area contributed by atoms with Gasteiger partial charge in [0.1, 0.15) is 0 Å². The van der Waals surface area contributed by atoms with Crippen LogP contribution in [0, 0.1) is 11.3 Å². The van der Waals surface area contributed by atoms with Crippen LogP contribution in [-0.4, -0.2) is 22.6 Å². The molecule has 0 saturated carbocycles. The van der Waals surface area contributed by atoms with E-state index in [0.717, 1.165) is 0 Å². The summed E-state index contributed by atoms with van der Waals surface area (Å²) in [5.41, 5.74) is 1.90. The molecule has 0 saturated heterocycles. The third-order valence-corrected chi connectivity index (χ3v) is 3.04. The number of aromatic hydroxyl groups is 1. The predicted molar refractivity (Wildman–Crippen MR) is 80.6 cm³/mol. The van der Waals surface area contributed by atoms with Crippen LogP contribution in [0.2, 0.25) is 0 Å². The summed E-state index contributed by atoms with van der Waals surface area (Å²) in [6, 6.07) is 13.0. The summed E-state index contributed by atoms with van der Waals surface area (Å²) in [6.45, 7) is 0. The lowest BCUT2D eigenvalue weighted by Crippen LogP contribution is -2.10. The zero-order valence-corrected chi connectivity index (χ0v) is 11.8. The maximum atomic E-state index is 9.56. The predicted octanol–water partition coefficient (Wildman–Crippen LogP) is 3.05. The van der Waals surface area contributed by atoms with Gasteiger partial charge in [-0.05, 0) is 41.5 Å². The topological polar surface area (TPSA) is 97.0 Å². The first kappa shape index (κ1) is 15.4. The lowest BCUT2D eigenvalue weighted by molar-refractivity contribution is 0.0291. The van der Waals surface area contributed by atoms with Gasteiger partial charge in [-0.25, -0.2) is 0 Å². The zero-order chi connectivity index (χ0) is 16.1. The van der Waals surface area contributed by atoms with Crippen molar-refractivity contribution in [2.75, 3.05) is 12.3 Å². The van der Waals surface area contributed by atoms with Gasteiger partial charge < -0.3 is 9.84 Å². The fourth-order valence-electron chi connectivity index (χ4n) is 1.91. The lowest BCUT2D eigenvalue weighted by Gasteiger charge is -2.08. The van der Waals surface area contributed by atoms with E-state index in [4.69, 9.17) is 15.2 Å². The zero-order valence-electron chi connectivity index (χ0n) is 11.8. The van der Waals surface area contributed by atoms with E-state index < -0.39 is 0 Å². The molecule has 2 aromatic rings. The highest BCUT2D eigenvalue weighted by Crippen LogP contribution is 2.28. The van der Waals surface area contributed by atoms with Crippen LogP contribution < -0.4 is 9.96 Å². The van der Waals surface area contributed by atoms with Gasteiger partial charge in [-0.1, -0.05) is 18.2 Å². The Morgan fingerprint density at radius 3 is 2.41 bits per heavy atom. The number of hydrogen-bond acceptors (Lipinski definition) is 6. The minimum absolute atomic E-state index is 0.00434. The summed E-state index contributed by atoms with van der Waals surface area (Å²) in [4.78, 5) is 0. The molecule has 0 bridgehead atoms. The van der Waals surface area contributed by atoms with Gasteiger partial charge in [0.25, 0.3) is 0 Å². The molecule has 6 heteroatoms. The number of phenolic OH excluding ortho intramolecular Hbond substituents is 1. The molecule has 0 aliphatic rings. The maximum absolute atomic E-state index is 9.56. The van der Waals surface area contributed by atoms with E-state index in [9.17, 15) is 10.4 Å². The van der Waals surface area contributed by atoms with Gasteiger partial charge in [0.2, 0.25) is 0 Å². The van der Waals surface area contributed by atoms with Crippen LogP contribution in [0.3, 0.4) is 0 Å². The number of anilines is 1. The molecule has 0 aliphatic carbocycles. The highest BCUT2D eigenvalue weighted by Gasteiger charge is 2.06. The first-order chi connectivity index (χ1) is 10.5. The molecule has 0 amide bonds. The first-order valence-electron chi connectivity index (χ1n) is 6.32. The van der Waals surface area contributed by atoms with Crippen molar-refractivity contribution in [2.45, 2.75) is 0 Å². The van der Waals surface area contributed by atoms with Gasteiger partial charge in [0, 0.05) is 0 Å². The standard InChI is InChI=1S/C16H14N2O4/c1-22-16-9-11(2-7-15(16)19)8-13(10-17)12-3-5-14(6-4-12)18(20)21/h2-9,19-21H,1H3/b13-8+. The minimum Gasteiger partial charge on any atom is -0.504 e. The van der Waals surface area contributed by atoms with Gasteiger partial charge in [-0.3, -0.25) is 10.4 Å². The molecule has 0 spiro atoms. The molecule has 2 rings (SSSR count). The smallest absolute Gasteiger partial charge is 0.161 e. The van der Waals surface area contributed by atoms with E-state index in [1.54, 1.807) is 30.3 Å². The van der Waals surface area contributed by atoms with Crippen molar-refractivity contribution in [1.29, 1.82) is 5.26 Å². The molecule has 0 fully saturated rings. The van der Waals surface area contributed by atoms with Gasteiger partial charge >= 0.3 is 0 Å². The Morgan fingerprint density at radius 2 is 1.86 bits per heavy atom. The van der Waals surface area contributed by atoms with E-state index in [0.29, 0.717) is 22.4 Å². The van der Waals surface area contributed by atoms with Crippen molar-refractivity contribution >= 4 is 17.3 Å². The van der Waals surface area contributed by atoms with Gasteiger partial charge in [0.15, 0.2) is 11.5 Å². The molecule has 2 aromatic carbocycles. The summed E-state index contributed by atoms with van der Waals surface area (Å²) >= 11 is 0. The number of allylic oxidation sites excluding steroid dienone is 1. The molecule has 6 nitrogen and oxygen atoms in total. The van der Waals surface area contributed by atoms with E-state index in [1.165, 1.54) is 25.3 Å². The van der Waals surface area contributed by atoms with Crippen molar-refractivity contribution in [2.24, 2.45) is 0 Å².